The molecule has 0 bridgehead atoms. The monoisotopic (exact) mass is 655 g/mol. The van der Waals surface area contributed by atoms with Gasteiger partial charge >= 0.3 is 7.82 Å². The number of phosphoric acid groups is 1. The summed E-state index contributed by atoms with van der Waals surface area (Å²) in [5.41, 5.74) is 0. The van der Waals surface area contributed by atoms with Crippen molar-refractivity contribution in [3.05, 3.63) is 48.6 Å². The van der Waals surface area contributed by atoms with Crippen molar-refractivity contribution in [1.29, 1.82) is 0 Å². The number of unbranched alkanes of at least 4 members (excludes halogenated alkanes) is 11. The molecule has 0 aliphatic heterocycles. The molecule has 0 aromatic heterocycles. The molecule has 45 heavy (non-hydrogen) atoms. The van der Waals surface area contributed by atoms with Crippen LogP contribution in [0.4, 0.5) is 0 Å². The summed E-state index contributed by atoms with van der Waals surface area (Å²) in [5, 5.41) is 13.6. The number of carbonyl (C=O) groups is 1. The molecule has 3 N–H and O–H groups in total. The summed E-state index contributed by atoms with van der Waals surface area (Å²) in [4.78, 5) is 22.9. The molecule has 0 aliphatic carbocycles. The molecule has 0 aromatic rings. The Morgan fingerprint density at radius 3 is 1.78 bits per heavy atom. The van der Waals surface area contributed by atoms with E-state index in [2.05, 4.69) is 55.6 Å². The smallest absolute Gasteiger partial charge is 0.387 e. The lowest BCUT2D eigenvalue weighted by Gasteiger charge is -2.25. The molecule has 0 spiro atoms. The fourth-order valence-corrected chi connectivity index (χ4v) is 5.07. The number of allylic oxidation sites excluding steroid dienone is 7. The van der Waals surface area contributed by atoms with E-state index in [0.29, 0.717) is 17.4 Å². The van der Waals surface area contributed by atoms with E-state index in [4.69, 9.17) is 9.05 Å². The van der Waals surface area contributed by atoms with Crippen molar-refractivity contribution in [2.24, 2.45) is 0 Å². The minimum absolute atomic E-state index is 0.0502. The molecule has 0 saturated heterocycles. The predicted octanol–water partition coefficient (Wildman–Crippen LogP) is 8.57. The number of nitrogens with one attached hydrogen (secondary N) is 1. The van der Waals surface area contributed by atoms with E-state index in [1.807, 2.05) is 27.2 Å². The van der Waals surface area contributed by atoms with E-state index in [9.17, 15) is 19.4 Å². The lowest BCUT2D eigenvalue weighted by atomic mass is 10.1. The molecule has 0 aliphatic rings. The highest BCUT2D eigenvalue weighted by molar-refractivity contribution is 7.47. The number of carbonyl (C=O) groups excluding carboxylic acids is 1. The number of phosphoric ester groups is 1. The molecule has 3 atom stereocenters. The fraction of sp³-hybridized carbons (Fsp3) is 0.750. The minimum Gasteiger partial charge on any atom is -0.387 e. The van der Waals surface area contributed by atoms with Crippen LogP contribution in [0.3, 0.4) is 0 Å². The Balaban J connectivity index is 4.71. The molecular formula is C36H68N2O6P+. The van der Waals surface area contributed by atoms with Crippen molar-refractivity contribution in [2.45, 2.75) is 135 Å². The molecule has 0 rings (SSSR count). The van der Waals surface area contributed by atoms with Crippen LogP contribution in [-0.2, 0) is 18.4 Å². The van der Waals surface area contributed by atoms with Crippen LogP contribution < -0.4 is 5.32 Å². The van der Waals surface area contributed by atoms with Gasteiger partial charge in [0.1, 0.15) is 13.2 Å². The van der Waals surface area contributed by atoms with Crippen LogP contribution in [0.5, 0.6) is 0 Å². The van der Waals surface area contributed by atoms with Gasteiger partial charge in [0, 0.05) is 6.42 Å². The first kappa shape index (κ1) is 43.5. The largest absolute Gasteiger partial charge is 0.472 e. The van der Waals surface area contributed by atoms with Crippen molar-refractivity contribution in [3.8, 4) is 0 Å². The third kappa shape index (κ3) is 30.9. The number of hydrogen-bond donors (Lipinski definition) is 3. The number of hydrogen-bond acceptors (Lipinski definition) is 5. The van der Waals surface area contributed by atoms with Crippen LogP contribution in [0.25, 0.3) is 0 Å². The van der Waals surface area contributed by atoms with Crippen molar-refractivity contribution >= 4 is 13.7 Å². The zero-order chi connectivity index (χ0) is 33.7. The summed E-state index contributed by atoms with van der Waals surface area (Å²) in [6.07, 6.45) is 33.2. The van der Waals surface area contributed by atoms with E-state index in [-0.39, 0.29) is 19.1 Å². The van der Waals surface area contributed by atoms with Crippen molar-refractivity contribution in [3.63, 3.8) is 0 Å². The Bertz CT molecular complexity index is 881. The van der Waals surface area contributed by atoms with Crippen molar-refractivity contribution in [1.82, 2.24) is 5.32 Å². The van der Waals surface area contributed by atoms with Crippen LogP contribution in [0.2, 0.25) is 0 Å². The van der Waals surface area contributed by atoms with Gasteiger partial charge in [0.25, 0.3) is 0 Å². The average Bonchev–Trinajstić information content (AvgIpc) is 2.97. The van der Waals surface area contributed by atoms with Gasteiger partial charge in [-0.1, -0.05) is 107 Å². The third-order valence-corrected chi connectivity index (χ3v) is 8.23. The summed E-state index contributed by atoms with van der Waals surface area (Å²) in [6, 6.07) is -0.870. The Kier molecular flexibility index (Phi) is 27.7. The number of quaternary nitrogens is 1. The van der Waals surface area contributed by atoms with Gasteiger partial charge in [-0.2, -0.15) is 0 Å². The van der Waals surface area contributed by atoms with Gasteiger partial charge in [-0.05, 0) is 57.8 Å². The Hall–Kier alpha value is -1.54. The first-order valence-electron chi connectivity index (χ1n) is 17.5. The van der Waals surface area contributed by atoms with Gasteiger partial charge in [-0.25, -0.2) is 4.57 Å². The number of rotatable bonds is 30. The molecule has 0 saturated carbocycles. The van der Waals surface area contributed by atoms with Crippen molar-refractivity contribution < 1.29 is 32.9 Å². The molecule has 3 unspecified atom stereocenters. The Labute approximate surface area is 276 Å². The number of nitrogens with zero attached hydrogens (tertiary/aromatic N) is 1. The van der Waals surface area contributed by atoms with Gasteiger partial charge in [0.15, 0.2) is 0 Å². The van der Waals surface area contributed by atoms with Gasteiger partial charge in [-0.3, -0.25) is 13.8 Å². The topological polar surface area (TPSA) is 105 Å². The maximum absolute atomic E-state index is 12.7. The lowest BCUT2D eigenvalue weighted by Crippen LogP contribution is -2.45. The normalized spacial score (nSPS) is 15.4. The van der Waals surface area contributed by atoms with Crippen LogP contribution in [-0.4, -0.2) is 73.4 Å². The van der Waals surface area contributed by atoms with E-state index < -0.39 is 20.0 Å². The SMILES string of the molecule is CCCC/C=C\CCCCCCCC(=O)NC(COP(=O)(O)OCC[N+](C)(C)C)C(O)/C=C/CC/C=C/CC/C=C/CCCC. The molecular weight excluding hydrogens is 587 g/mol. The van der Waals surface area contributed by atoms with Crippen LogP contribution in [0, 0.1) is 0 Å². The molecule has 9 heteroatoms. The molecule has 0 fully saturated rings. The average molecular weight is 656 g/mol. The molecule has 0 heterocycles. The van der Waals surface area contributed by atoms with E-state index in [1.54, 1.807) is 6.08 Å². The van der Waals surface area contributed by atoms with E-state index in [0.717, 1.165) is 77.0 Å². The lowest BCUT2D eigenvalue weighted by molar-refractivity contribution is -0.870. The second-order valence-electron chi connectivity index (χ2n) is 12.9. The molecule has 1 amide bonds. The van der Waals surface area contributed by atoms with Gasteiger partial charge in [0.05, 0.1) is 39.9 Å². The highest BCUT2D eigenvalue weighted by Gasteiger charge is 2.27. The van der Waals surface area contributed by atoms with E-state index in [1.165, 1.54) is 25.7 Å². The molecule has 8 nitrogen and oxygen atoms in total. The maximum Gasteiger partial charge on any atom is 0.472 e. The van der Waals surface area contributed by atoms with Gasteiger partial charge < -0.3 is 19.8 Å². The number of aliphatic hydroxyl groups is 1. The standard InChI is InChI=1S/C36H67N2O6P/c1-6-8-10-12-14-16-18-20-21-23-25-27-29-35(39)34(33-44-45(41,42)43-32-31-38(3,4)5)37-36(40)30-28-26-24-22-19-17-15-13-11-9-7-2/h12-15,20-21,27,29,34-35,39H,6-11,16-19,22-26,28,30-33H2,1-5H3,(H-,37,40,41,42)/p+1/b14-12+,15-13-,21-20+,29-27+. The zero-order valence-electron chi connectivity index (χ0n) is 29.3. The summed E-state index contributed by atoms with van der Waals surface area (Å²) < 4.78 is 23.3. The number of aliphatic hydroxyl groups excluding tert-OH is 1. The Morgan fingerprint density at radius 2 is 1.22 bits per heavy atom. The summed E-state index contributed by atoms with van der Waals surface area (Å²) in [6.45, 7) is 4.64. The number of likely N-dealkylation sites (N-methyl/N-ethyl adjacent to an activating group) is 1. The fourth-order valence-electron chi connectivity index (χ4n) is 4.33. The van der Waals surface area contributed by atoms with Gasteiger partial charge in [0.2, 0.25) is 5.91 Å². The molecule has 0 aromatic carbocycles. The summed E-state index contributed by atoms with van der Waals surface area (Å²) >= 11 is 0. The Morgan fingerprint density at radius 1 is 0.733 bits per heavy atom. The third-order valence-electron chi connectivity index (χ3n) is 7.25. The first-order valence-corrected chi connectivity index (χ1v) is 19.0. The maximum atomic E-state index is 12.7. The second-order valence-corrected chi connectivity index (χ2v) is 14.3. The van der Waals surface area contributed by atoms with Crippen LogP contribution in [0.1, 0.15) is 123 Å². The quantitative estimate of drug-likeness (QED) is 0.0310. The number of amides is 1. The summed E-state index contributed by atoms with van der Waals surface area (Å²) in [5.74, 6) is -0.208. The first-order chi connectivity index (χ1) is 21.5. The van der Waals surface area contributed by atoms with Crippen LogP contribution in [0.15, 0.2) is 48.6 Å². The predicted molar refractivity (Wildman–Crippen MR) is 189 cm³/mol. The second kappa shape index (κ2) is 28.7. The summed E-state index contributed by atoms with van der Waals surface area (Å²) in [7, 11) is 1.53. The van der Waals surface area contributed by atoms with Crippen molar-refractivity contribution in [2.75, 3.05) is 40.9 Å². The van der Waals surface area contributed by atoms with Gasteiger partial charge in [-0.15, -0.1) is 0 Å². The molecule has 0 radical (unpaired) electrons. The van der Waals surface area contributed by atoms with E-state index >= 15 is 0 Å². The highest BCUT2D eigenvalue weighted by Crippen LogP contribution is 2.43. The highest BCUT2D eigenvalue weighted by atomic mass is 31.2. The zero-order valence-corrected chi connectivity index (χ0v) is 30.2. The molecule has 262 valence electrons. The minimum atomic E-state index is -4.34. The van der Waals surface area contributed by atoms with Crippen LogP contribution >= 0.6 is 7.82 Å².